The van der Waals surface area contributed by atoms with Crippen LogP contribution >= 0.6 is 15.9 Å². The third-order valence-corrected chi connectivity index (χ3v) is 4.26. The first-order chi connectivity index (χ1) is 10.3. The molecule has 0 saturated carbocycles. The Kier molecular flexibility index (Phi) is 4.15. The summed E-state index contributed by atoms with van der Waals surface area (Å²) in [5.41, 5.74) is 3.17. The molecular formula is C17H15BrN2O. The van der Waals surface area contributed by atoms with Crippen molar-refractivity contribution in [1.82, 2.24) is 9.88 Å². The van der Waals surface area contributed by atoms with Crippen LogP contribution in [-0.4, -0.2) is 28.9 Å². The lowest BCUT2D eigenvalue weighted by atomic mass is 9.99. The molecule has 21 heavy (non-hydrogen) atoms. The van der Waals surface area contributed by atoms with Crippen molar-refractivity contribution < 1.29 is 4.79 Å². The summed E-state index contributed by atoms with van der Waals surface area (Å²) in [6.07, 6.45) is 4.69. The average molecular weight is 343 g/mol. The summed E-state index contributed by atoms with van der Waals surface area (Å²) in [5.74, 6) is 0.0262. The lowest BCUT2D eigenvalue weighted by molar-refractivity contribution is 0.0771. The maximum atomic E-state index is 12.5. The third kappa shape index (κ3) is 3.05. The van der Waals surface area contributed by atoms with E-state index in [-0.39, 0.29) is 5.91 Å². The van der Waals surface area contributed by atoms with Crippen LogP contribution in [0.2, 0.25) is 0 Å². The molecule has 1 aliphatic heterocycles. The lowest BCUT2D eigenvalue weighted by Crippen LogP contribution is -2.34. The van der Waals surface area contributed by atoms with Gasteiger partial charge in [0.25, 0.3) is 5.91 Å². The Hall–Kier alpha value is -1.94. The van der Waals surface area contributed by atoms with Crippen LogP contribution in [0.5, 0.6) is 0 Å². The molecule has 3 nitrogen and oxygen atoms in total. The maximum absolute atomic E-state index is 12.5. The summed E-state index contributed by atoms with van der Waals surface area (Å²) in [6.45, 7) is 1.38. The Labute approximate surface area is 132 Å². The zero-order valence-corrected chi connectivity index (χ0v) is 13.1. The molecule has 0 radical (unpaired) electrons. The molecule has 2 heterocycles. The minimum atomic E-state index is 0.0262. The molecule has 0 unspecified atom stereocenters. The van der Waals surface area contributed by atoms with Gasteiger partial charge in [0.05, 0.1) is 5.56 Å². The highest BCUT2D eigenvalue weighted by atomic mass is 79.9. The summed E-state index contributed by atoms with van der Waals surface area (Å²) in [6, 6.07) is 13.9. The van der Waals surface area contributed by atoms with Gasteiger partial charge >= 0.3 is 0 Å². The number of benzene rings is 1. The van der Waals surface area contributed by atoms with Crippen molar-refractivity contribution in [3.63, 3.8) is 0 Å². The van der Waals surface area contributed by atoms with E-state index >= 15 is 0 Å². The highest BCUT2D eigenvalue weighted by Gasteiger charge is 2.21. The zero-order valence-electron chi connectivity index (χ0n) is 11.5. The zero-order chi connectivity index (χ0) is 14.7. The largest absolute Gasteiger partial charge is 0.334 e. The molecule has 1 aliphatic rings. The van der Waals surface area contributed by atoms with E-state index in [4.69, 9.17) is 0 Å². The monoisotopic (exact) mass is 342 g/mol. The topological polar surface area (TPSA) is 33.2 Å². The summed E-state index contributed by atoms with van der Waals surface area (Å²) in [4.78, 5) is 18.5. The number of pyridine rings is 1. The van der Waals surface area contributed by atoms with Gasteiger partial charge in [-0.25, -0.2) is 4.98 Å². The maximum Gasteiger partial charge on any atom is 0.256 e. The molecule has 0 spiro atoms. The Morgan fingerprint density at radius 2 is 1.95 bits per heavy atom. The predicted molar refractivity (Wildman–Crippen MR) is 86.9 cm³/mol. The van der Waals surface area contributed by atoms with E-state index in [1.54, 1.807) is 18.3 Å². The van der Waals surface area contributed by atoms with E-state index in [1.807, 2.05) is 23.1 Å². The second kappa shape index (κ2) is 6.22. The van der Waals surface area contributed by atoms with Crippen LogP contribution in [0.1, 0.15) is 22.3 Å². The Morgan fingerprint density at radius 1 is 1.14 bits per heavy atom. The molecule has 3 rings (SSSR count). The molecule has 106 valence electrons. The Bertz CT molecular complexity index is 682. The van der Waals surface area contributed by atoms with E-state index in [2.05, 4.69) is 39.1 Å². The van der Waals surface area contributed by atoms with E-state index in [9.17, 15) is 4.79 Å². The first-order valence-electron chi connectivity index (χ1n) is 6.90. The molecule has 1 aromatic carbocycles. The number of hydrogen-bond acceptors (Lipinski definition) is 2. The van der Waals surface area contributed by atoms with Gasteiger partial charge in [-0.15, -0.1) is 0 Å². The normalized spacial score (nSPS) is 14.7. The fourth-order valence-electron chi connectivity index (χ4n) is 2.48. The number of carbonyl (C=O) groups excluding carboxylic acids is 1. The highest BCUT2D eigenvalue weighted by molar-refractivity contribution is 9.10. The first-order valence-corrected chi connectivity index (χ1v) is 7.69. The molecule has 0 fully saturated rings. The van der Waals surface area contributed by atoms with E-state index in [0.717, 1.165) is 13.0 Å². The van der Waals surface area contributed by atoms with Gasteiger partial charge in [-0.2, -0.15) is 0 Å². The molecule has 4 heteroatoms. The number of nitrogens with zero attached hydrogens (tertiary/aromatic N) is 2. The second-order valence-electron chi connectivity index (χ2n) is 4.94. The van der Waals surface area contributed by atoms with Crippen molar-refractivity contribution in [3.05, 3.63) is 70.5 Å². The summed E-state index contributed by atoms with van der Waals surface area (Å²) in [7, 11) is 0. The van der Waals surface area contributed by atoms with Gasteiger partial charge in [0.2, 0.25) is 0 Å². The average Bonchev–Trinajstić information content (AvgIpc) is 2.56. The lowest BCUT2D eigenvalue weighted by Gasteiger charge is -2.27. The number of hydrogen-bond donors (Lipinski definition) is 0. The first kappa shape index (κ1) is 14.0. The molecule has 0 N–H and O–H groups in total. The molecule has 0 atom stereocenters. The fraction of sp³-hybridized carbons (Fsp3) is 0.176. The summed E-state index contributed by atoms with van der Waals surface area (Å²) in [5, 5.41) is 0. The third-order valence-electron chi connectivity index (χ3n) is 3.63. The fourth-order valence-corrected chi connectivity index (χ4v) is 2.90. The highest BCUT2D eigenvalue weighted by Crippen LogP contribution is 2.24. The molecule has 0 bridgehead atoms. The number of halogens is 1. The van der Waals surface area contributed by atoms with Crippen LogP contribution in [0, 0.1) is 0 Å². The molecule has 1 amide bonds. The molecule has 1 aromatic heterocycles. The van der Waals surface area contributed by atoms with Crippen LogP contribution in [0.15, 0.2) is 59.3 Å². The second-order valence-corrected chi connectivity index (χ2v) is 5.69. The van der Waals surface area contributed by atoms with Gasteiger partial charge < -0.3 is 4.90 Å². The van der Waals surface area contributed by atoms with Crippen LogP contribution in [-0.2, 0) is 0 Å². The van der Waals surface area contributed by atoms with Gasteiger partial charge in [0.15, 0.2) is 0 Å². The number of aromatic nitrogens is 1. The number of rotatable bonds is 2. The van der Waals surface area contributed by atoms with E-state index in [1.165, 1.54) is 11.1 Å². The molecule has 0 saturated heterocycles. The van der Waals surface area contributed by atoms with Crippen molar-refractivity contribution in [3.8, 4) is 0 Å². The smallest absolute Gasteiger partial charge is 0.256 e. The van der Waals surface area contributed by atoms with Crippen molar-refractivity contribution in [2.24, 2.45) is 0 Å². The number of amides is 1. The number of carbonyl (C=O) groups is 1. The van der Waals surface area contributed by atoms with Crippen LogP contribution in [0.4, 0.5) is 0 Å². The van der Waals surface area contributed by atoms with E-state index in [0.29, 0.717) is 16.7 Å². The van der Waals surface area contributed by atoms with Crippen LogP contribution < -0.4 is 0 Å². The molecular weight excluding hydrogens is 328 g/mol. The summed E-state index contributed by atoms with van der Waals surface area (Å²) >= 11 is 3.34. The van der Waals surface area contributed by atoms with Crippen LogP contribution in [0.3, 0.4) is 0 Å². The van der Waals surface area contributed by atoms with Gasteiger partial charge in [0, 0.05) is 19.3 Å². The predicted octanol–water partition coefficient (Wildman–Crippen LogP) is 3.77. The SMILES string of the molecule is O=C(c1cccnc1Br)N1CC=C(c2ccccc2)CC1. The Balaban J connectivity index is 1.75. The van der Waals surface area contributed by atoms with Crippen LogP contribution in [0.25, 0.3) is 5.57 Å². The Morgan fingerprint density at radius 3 is 2.62 bits per heavy atom. The van der Waals surface area contributed by atoms with Gasteiger partial charge in [-0.05, 0) is 45.6 Å². The standard InChI is InChI=1S/C17H15BrN2O/c18-16-15(7-4-10-19-16)17(21)20-11-8-14(9-12-20)13-5-2-1-3-6-13/h1-8,10H,9,11-12H2. The molecule has 2 aromatic rings. The van der Waals surface area contributed by atoms with E-state index < -0.39 is 0 Å². The van der Waals surface area contributed by atoms with Crippen molar-refractivity contribution in [2.45, 2.75) is 6.42 Å². The minimum absolute atomic E-state index is 0.0262. The van der Waals surface area contributed by atoms with Crippen molar-refractivity contribution >= 4 is 27.4 Å². The molecule has 0 aliphatic carbocycles. The minimum Gasteiger partial charge on any atom is -0.334 e. The quantitative estimate of drug-likeness (QED) is 0.778. The van der Waals surface area contributed by atoms with Gasteiger partial charge in [-0.3, -0.25) is 4.79 Å². The van der Waals surface area contributed by atoms with Gasteiger partial charge in [0.1, 0.15) is 4.60 Å². The van der Waals surface area contributed by atoms with Crippen molar-refractivity contribution in [1.29, 1.82) is 0 Å². The summed E-state index contributed by atoms with van der Waals surface area (Å²) < 4.78 is 0.604. The van der Waals surface area contributed by atoms with Crippen molar-refractivity contribution in [2.75, 3.05) is 13.1 Å². The van der Waals surface area contributed by atoms with Gasteiger partial charge in [-0.1, -0.05) is 36.4 Å².